The zero-order chi connectivity index (χ0) is 25.8. The van der Waals surface area contributed by atoms with E-state index in [-0.39, 0.29) is 5.75 Å². The molecule has 1 saturated carbocycles. The summed E-state index contributed by atoms with van der Waals surface area (Å²) in [5.74, 6) is -0.532. The number of halogens is 2. The van der Waals surface area contributed by atoms with Crippen molar-refractivity contribution in [1.29, 1.82) is 0 Å². The Morgan fingerprint density at radius 3 is 2.41 bits per heavy atom. The van der Waals surface area contributed by atoms with Gasteiger partial charge >= 0.3 is 0 Å². The first-order chi connectivity index (χ1) is 18.0. The van der Waals surface area contributed by atoms with Gasteiger partial charge in [0.2, 0.25) is 5.88 Å². The molecule has 192 valence electrons. The number of nitrogens with zero attached hydrogens (tertiary/aromatic N) is 3. The molecule has 0 amide bonds. The summed E-state index contributed by atoms with van der Waals surface area (Å²) in [6, 6.07) is 22.7. The monoisotopic (exact) mass is 503 g/mol. The van der Waals surface area contributed by atoms with Crippen molar-refractivity contribution in [3.8, 4) is 17.3 Å². The molecule has 0 spiro atoms. The van der Waals surface area contributed by atoms with E-state index in [2.05, 4.69) is 4.90 Å². The first-order valence-corrected chi connectivity index (χ1v) is 12.7. The average Bonchev–Trinajstić information content (AvgIpc) is 3.65. The third-order valence-corrected chi connectivity index (χ3v) is 6.62. The molecule has 5 nitrogen and oxygen atoms in total. The number of rotatable bonds is 11. The van der Waals surface area contributed by atoms with Crippen LogP contribution in [0.4, 0.5) is 8.78 Å². The summed E-state index contributed by atoms with van der Waals surface area (Å²) in [6.07, 6.45) is 2.38. The van der Waals surface area contributed by atoms with Crippen LogP contribution in [0.3, 0.4) is 0 Å². The van der Waals surface area contributed by atoms with Gasteiger partial charge in [-0.3, -0.25) is 4.90 Å². The van der Waals surface area contributed by atoms with Gasteiger partial charge in [0, 0.05) is 25.7 Å². The highest BCUT2D eigenvalue weighted by Gasteiger charge is 2.28. The second-order valence-electron chi connectivity index (χ2n) is 9.77. The second-order valence-corrected chi connectivity index (χ2v) is 9.77. The fraction of sp³-hybridized carbons (Fsp3) is 0.300. The predicted molar refractivity (Wildman–Crippen MR) is 139 cm³/mol. The molecule has 0 saturated heterocycles. The van der Waals surface area contributed by atoms with Crippen LogP contribution < -0.4 is 4.74 Å². The maximum atomic E-state index is 14.6. The third-order valence-electron chi connectivity index (χ3n) is 6.62. The first-order valence-electron chi connectivity index (χ1n) is 12.7. The van der Waals surface area contributed by atoms with Crippen LogP contribution in [0.1, 0.15) is 29.7 Å². The number of aliphatic hydroxyl groups excluding tert-OH is 1. The summed E-state index contributed by atoms with van der Waals surface area (Å²) in [7, 11) is 0. The van der Waals surface area contributed by atoms with Crippen LogP contribution in [0, 0.1) is 24.5 Å². The number of benzene rings is 3. The van der Waals surface area contributed by atoms with Crippen LogP contribution in [0.15, 0.2) is 78.9 Å². The summed E-state index contributed by atoms with van der Waals surface area (Å²) < 4.78 is 35.9. The van der Waals surface area contributed by atoms with Crippen LogP contribution in [0.5, 0.6) is 11.6 Å². The molecule has 0 bridgehead atoms. The lowest BCUT2D eigenvalue weighted by molar-refractivity contribution is 0.105. The van der Waals surface area contributed by atoms with E-state index in [9.17, 15) is 13.9 Å². The van der Waals surface area contributed by atoms with E-state index in [0.717, 1.165) is 35.1 Å². The smallest absolute Gasteiger partial charge is 0.227 e. The average molecular weight is 504 g/mol. The quantitative estimate of drug-likeness (QED) is 0.270. The molecule has 1 N–H and O–H groups in total. The minimum absolute atomic E-state index is 0.0717. The van der Waals surface area contributed by atoms with E-state index < -0.39 is 17.7 Å². The number of aliphatic hydroxyl groups is 1. The number of hydrogen-bond acceptors (Lipinski definition) is 4. The molecule has 7 heteroatoms. The molecule has 0 radical (unpaired) electrons. The largest absolute Gasteiger partial charge is 0.435 e. The number of ether oxygens (including phenoxy) is 1. The lowest BCUT2D eigenvalue weighted by Crippen LogP contribution is -2.35. The van der Waals surface area contributed by atoms with Gasteiger partial charge in [-0.15, -0.1) is 0 Å². The van der Waals surface area contributed by atoms with E-state index in [1.54, 1.807) is 4.68 Å². The molecule has 1 heterocycles. The molecule has 0 aliphatic heterocycles. The minimum Gasteiger partial charge on any atom is -0.435 e. The van der Waals surface area contributed by atoms with E-state index in [0.29, 0.717) is 31.3 Å². The highest BCUT2D eigenvalue weighted by Crippen LogP contribution is 2.35. The Kier molecular flexibility index (Phi) is 7.63. The second kappa shape index (κ2) is 11.2. The lowest BCUT2D eigenvalue weighted by atomic mass is 10.1. The number of aryl methyl sites for hydroxylation is 1. The fourth-order valence-corrected chi connectivity index (χ4v) is 4.57. The SMILES string of the molecule is Cc1nn(-c2ccccc2)c(Oc2ccc(F)cc2F)c1CN(CC1CC1)C[C@H](O)Cc1ccccc1. The van der Waals surface area contributed by atoms with Crippen LogP contribution in [-0.2, 0) is 13.0 Å². The van der Waals surface area contributed by atoms with Gasteiger partial charge in [0.05, 0.1) is 23.0 Å². The van der Waals surface area contributed by atoms with Crippen LogP contribution in [-0.4, -0.2) is 39.0 Å². The van der Waals surface area contributed by atoms with Crippen molar-refractivity contribution >= 4 is 0 Å². The Balaban J connectivity index is 1.45. The van der Waals surface area contributed by atoms with Crippen LogP contribution in [0.25, 0.3) is 5.69 Å². The van der Waals surface area contributed by atoms with Gasteiger partial charge in [0.25, 0.3) is 0 Å². The summed E-state index contributed by atoms with van der Waals surface area (Å²) in [5.41, 5.74) is 3.41. The number of para-hydroxylation sites is 1. The van der Waals surface area contributed by atoms with E-state index in [1.807, 2.05) is 67.6 Å². The summed E-state index contributed by atoms with van der Waals surface area (Å²) in [5, 5.41) is 15.6. The molecule has 4 aromatic rings. The van der Waals surface area contributed by atoms with E-state index in [4.69, 9.17) is 9.84 Å². The zero-order valence-corrected chi connectivity index (χ0v) is 20.9. The minimum atomic E-state index is -0.780. The molecule has 1 aromatic heterocycles. The highest BCUT2D eigenvalue weighted by atomic mass is 19.1. The predicted octanol–water partition coefficient (Wildman–Crippen LogP) is 6.07. The van der Waals surface area contributed by atoms with Crippen molar-refractivity contribution in [3.05, 3.63) is 107 Å². The molecule has 1 atom stereocenters. The topological polar surface area (TPSA) is 50.5 Å². The first kappa shape index (κ1) is 25.1. The van der Waals surface area contributed by atoms with Gasteiger partial charge in [0.15, 0.2) is 11.6 Å². The van der Waals surface area contributed by atoms with E-state index in [1.165, 1.54) is 25.0 Å². The highest BCUT2D eigenvalue weighted by molar-refractivity contribution is 5.43. The number of hydrogen-bond donors (Lipinski definition) is 1. The zero-order valence-electron chi connectivity index (χ0n) is 20.9. The number of aromatic nitrogens is 2. The molecule has 1 aliphatic carbocycles. The van der Waals surface area contributed by atoms with Crippen LogP contribution in [0.2, 0.25) is 0 Å². The molecule has 1 fully saturated rings. The maximum Gasteiger partial charge on any atom is 0.227 e. The van der Waals surface area contributed by atoms with Crippen molar-refractivity contribution in [3.63, 3.8) is 0 Å². The van der Waals surface area contributed by atoms with Gasteiger partial charge in [0.1, 0.15) is 5.82 Å². The van der Waals surface area contributed by atoms with Gasteiger partial charge in [-0.2, -0.15) is 5.10 Å². The Bertz CT molecular complexity index is 1320. The molecular weight excluding hydrogens is 472 g/mol. The fourth-order valence-electron chi connectivity index (χ4n) is 4.57. The molecule has 37 heavy (non-hydrogen) atoms. The van der Waals surface area contributed by atoms with Crippen molar-refractivity contribution in [2.24, 2.45) is 5.92 Å². The molecule has 5 rings (SSSR count). The van der Waals surface area contributed by atoms with Crippen molar-refractivity contribution in [2.45, 2.75) is 38.8 Å². The molecule has 1 aliphatic rings. The lowest BCUT2D eigenvalue weighted by Gasteiger charge is -2.25. The normalized spacial score (nSPS) is 14.2. The maximum absolute atomic E-state index is 14.6. The molecular formula is C30H31F2N3O2. The standard InChI is InChI=1S/C30H31F2N3O2/c1-21-27(20-34(18-23-12-13-23)19-26(36)16-22-8-4-2-5-9-22)30(35(33-21)25-10-6-3-7-11-25)37-29-15-14-24(31)17-28(29)32/h2-11,14-15,17,23,26,36H,12-13,16,18-20H2,1H3/t26-/m1/s1. The van der Waals surface area contributed by atoms with Gasteiger partial charge < -0.3 is 9.84 Å². The van der Waals surface area contributed by atoms with Gasteiger partial charge in [-0.05, 0) is 61.9 Å². The summed E-state index contributed by atoms with van der Waals surface area (Å²) in [4.78, 5) is 2.23. The Morgan fingerprint density at radius 2 is 1.73 bits per heavy atom. The van der Waals surface area contributed by atoms with Crippen LogP contribution >= 0.6 is 0 Å². The Hall–Kier alpha value is -3.55. The Morgan fingerprint density at radius 1 is 1.03 bits per heavy atom. The molecule has 0 unspecified atom stereocenters. The van der Waals surface area contributed by atoms with Crippen molar-refractivity contribution in [1.82, 2.24) is 14.7 Å². The van der Waals surface area contributed by atoms with Crippen molar-refractivity contribution in [2.75, 3.05) is 13.1 Å². The summed E-state index contributed by atoms with van der Waals surface area (Å²) in [6.45, 7) is 3.73. The van der Waals surface area contributed by atoms with Gasteiger partial charge in [-0.25, -0.2) is 13.5 Å². The van der Waals surface area contributed by atoms with Crippen molar-refractivity contribution < 1.29 is 18.6 Å². The van der Waals surface area contributed by atoms with Gasteiger partial charge in [-0.1, -0.05) is 48.5 Å². The van der Waals surface area contributed by atoms with E-state index >= 15 is 0 Å². The Labute approximate surface area is 215 Å². The summed E-state index contributed by atoms with van der Waals surface area (Å²) >= 11 is 0. The molecule has 3 aromatic carbocycles. The third kappa shape index (κ3) is 6.42.